The average molecular weight is 327 g/mol. The van der Waals surface area contributed by atoms with Crippen LogP contribution in [0.4, 0.5) is 0 Å². The fourth-order valence-electron chi connectivity index (χ4n) is 1.81. The molecule has 0 spiro atoms. The lowest BCUT2D eigenvalue weighted by atomic mass is 10.1. The van der Waals surface area contributed by atoms with Crippen LogP contribution in [0, 0.1) is 6.92 Å². The Kier molecular flexibility index (Phi) is 3.61. The van der Waals surface area contributed by atoms with Crippen LogP contribution in [0.3, 0.4) is 0 Å². The van der Waals surface area contributed by atoms with Crippen molar-refractivity contribution in [1.82, 2.24) is 0 Å². The number of carbonyl (C=O) groups excluding carboxylic acids is 2. The summed E-state index contributed by atoms with van der Waals surface area (Å²) in [7, 11) is 1.30. The van der Waals surface area contributed by atoms with E-state index in [0.717, 1.165) is 0 Å². The summed E-state index contributed by atoms with van der Waals surface area (Å²) in [5, 5.41) is 0.545. The van der Waals surface area contributed by atoms with Crippen molar-refractivity contribution in [1.29, 1.82) is 0 Å². The van der Waals surface area contributed by atoms with Gasteiger partial charge in [-0.3, -0.25) is 4.79 Å². The van der Waals surface area contributed by atoms with Gasteiger partial charge in [0, 0.05) is 12.3 Å². The number of methoxy groups -OCH3 is 1. The van der Waals surface area contributed by atoms with Gasteiger partial charge in [-0.1, -0.05) is 0 Å². The molecule has 1 heterocycles. The largest absolute Gasteiger partial charge is 0.465 e. The minimum absolute atomic E-state index is 0.325. The first-order chi connectivity index (χ1) is 8.93. The smallest absolute Gasteiger partial charge is 0.342 e. The van der Waals surface area contributed by atoms with E-state index in [9.17, 15) is 9.59 Å². The maximum absolute atomic E-state index is 11.7. The van der Waals surface area contributed by atoms with Gasteiger partial charge in [-0.2, -0.15) is 0 Å². The van der Waals surface area contributed by atoms with Crippen LogP contribution in [0.15, 0.2) is 21.0 Å². The maximum atomic E-state index is 11.7. The molecule has 0 amide bonds. The molecule has 0 bridgehead atoms. The highest BCUT2D eigenvalue weighted by molar-refractivity contribution is 9.10. The maximum Gasteiger partial charge on any atom is 0.342 e. The Balaban J connectivity index is 2.67. The summed E-state index contributed by atoms with van der Waals surface area (Å²) in [6.45, 7) is 2.98. The third-order valence-electron chi connectivity index (χ3n) is 2.56. The van der Waals surface area contributed by atoms with Crippen LogP contribution in [-0.4, -0.2) is 19.0 Å². The summed E-state index contributed by atoms with van der Waals surface area (Å²) in [5.41, 5.74) is 0.846. The Morgan fingerprint density at radius 2 is 2.00 bits per heavy atom. The van der Waals surface area contributed by atoms with E-state index < -0.39 is 11.9 Å². The number of hydrogen-bond acceptors (Lipinski definition) is 5. The number of aryl methyl sites for hydroxylation is 1. The molecule has 0 radical (unpaired) electrons. The molecule has 2 aromatic rings. The molecule has 5 nitrogen and oxygen atoms in total. The summed E-state index contributed by atoms with van der Waals surface area (Å²) in [6.07, 6.45) is 0. The molecule has 100 valence electrons. The highest BCUT2D eigenvalue weighted by Crippen LogP contribution is 2.35. The summed E-state index contributed by atoms with van der Waals surface area (Å²) in [6, 6.07) is 3.22. The van der Waals surface area contributed by atoms with Crippen LogP contribution in [0.1, 0.15) is 23.0 Å². The lowest BCUT2D eigenvalue weighted by Gasteiger charge is -2.04. The number of benzene rings is 1. The van der Waals surface area contributed by atoms with Gasteiger partial charge in [0.1, 0.15) is 22.7 Å². The standard InChI is InChI=1S/C13H11BrO5/c1-6-12(13(16)17-3)8-4-11(19-7(2)15)9(14)5-10(8)18-6/h4-5H,1-3H3. The minimum Gasteiger partial charge on any atom is -0.465 e. The molecule has 0 aliphatic rings. The zero-order valence-electron chi connectivity index (χ0n) is 10.6. The second kappa shape index (κ2) is 5.05. The quantitative estimate of drug-likeness (QED) is 0.626. The Bertz CT molecular complexity index is 671. The number of carbonyl (C=O) groups is 2. The monoisotopic (exact) mass is 326 g/mol. The molecule has 6 heteroatoms. The van der Waals surface area contributed by atoms with Gasteiger partial charge in [0.05, 0.1) is 11.6 Å². The van der Waals surface area contributed by atoms with E-state index in [1.807, 2.05) is 0 Å². The zero-order valence-corrected chi connectivity index (χ0v) is 12.2. The Hall–Kier alpha value is -1.82. The van der Waals surface area contributed by atoms with Crippen LogP contribution in [-0.2, 0) is 9.53 Å². The van der Waals surface area contributed by atoms with E-state index in [1.165, 1.54) is 14.0 Å². The molecule has 0 atom stereocenters. The van der Waals surface area contributed by atoms with Gasteiger partial charge in [0.2, 0.25) is 0 Å². The fraction of sp³-hybridized carbons (Fsp3) is 0.231. The van der Waals surface area contributed by atoms with Crippen molar-refractivity contribution in [2.75, 3.05) is 7.11 Å². The van der Waals surface area contributed by atoms with Crippen molar-refractivity contribution in [3.8, 4) is 5.75 Å². The second-order valence-electron chi connectivity index (χ2n) is 3.90. The molecule has 0 saturated carbocycles. The Labute approximate surface area is 117 Å². The molecule has 2 rings (SSSR count). The van der Waals surface area contributed by atoms with Crippen LogP contribution in [0.5, 0.6) is 5.75 Å². The van der Waals surface area contributed by atoms with Gasteiger partial charge < -0.3 is 13.9 Å². The second-order valence-corrected chi connectivity index (χ2v) is 4.75. The molecule has 0 fully saturated rings. The number of fused-ring (bicyclic) bond motifs is 1. The lowest BCUT2D eigenvalue weighted by molar-refractivity contribution is -0.131. The molecule has 0 unspecified atom stereocenters. The summed E-state index contributed by atoms with van der Waals surface area (Å²) in [4.78, 5) is 22.7. The first-order valence-corrected chi connectivity index (χ1v) is 6.22. The summed E-state index contributed by atoms with van der Waals surface area (Å²) in [5.74, 6) is -0.160. The van der Waals surface area contributed by atoms with Gasteiger partial charge in [-0.25, -0.2) is 4.79 Å². The molecule has 0 N–H and O–H groups in total. The van der Waals surface area contributed by atoms with Crippen molar-refractivity contribution in [3.63, 3.8) is 0 Å². The molecule has 0 aliphatic carbocycles. The van der Waals surface area contributed by atoms with Gasteiger partial charge >= 0.3 is 11.9 Å². The topological polar surface area (TPSA) is 65.7 Å². The van der Waals surface area contributed by atoms with E-state index in [2.05, 4.69) is 15.9 Å². The number of halogens is 1. The SMILES string of the molecule is COC(=O)c1c(C)oc2cc(Br)c(OC(C)=O)cc12. The van der Waals surface area contributed by atoms with Gasteiger partial charge in [-0.15, -0.1) is 0 Å². The average Bonchev–Trinajstić information content (AvgIpc) is 2.63. The predicted octanol–water partition coefficient (Wildman–Crippen LogP) is 3.22. The minimum atomic E-state index is -0.493. The van der Waals surface area contributed by atoms with Gasteiger partial charge in [0.15, 0.2) is 0 Å². The van der Waals surface area contributed by atoms with Crippen LogP contribution < -0.4 is 4.74 Å². The third-order valence-corrected chi connectivity index (χ3v) is 3.18. The Morgan fingerprint density at radius 3 is 2.58 bits per heavy atom. The molecule has 1 aromatic carbocycles. The van der Waals surface area contributed by atoms with Crippen molar-refractivity contribution in [2.24, 2.45) is 0 Å². The van der Waals surface area contributed by atoms with Crippen LogP contribution in [0.2, 0.25) is 0 Å². The zero-order chi connectivity index (χ0) is 14.2. The number of hydrogen-bond donors (Lipinski definition) is 0. The number of ether oxygens (including phenoxy) is 2. The lowest BCUT2D eigenvalue weighted by Crippen LogP contribution is -2.03. The van der Waals surface area contributed by atoms with Crippen LogP contribution >= 0.6 is 15.9 Å². The van der Waals surface area contributed by atoms with E-state index in [4.69, 9.17) is 13.9 Å². The number of esters is 2. The molecule has 19 heavy (non-hydrogen) atoms. The third kappa shape index (κ3) is 2.49. The van der Waals surface area contributed by atoms with Gasteiger partial charge in [0.25, 0.3) is 0 Å². The van der Waals surface area contributed by atoms with Crippen LogP contribution in [0.25, 0.3) is 11.0 Å². The van der Waals surface area contributed by atoms with E-state index >= 15 is 0 Å². The fourth-order valence-corrected chi connectivity index (χ4v) is 2.21. The summed E-state index contributed by atoms with van der Waals surface area (Å²) >= 11 is 3.28. The first-order valence-electron chi connectivity index (χ1n) is 5.43. The van der Waals surface area contributed by atoms with Crippen molar-refractivity contribution < 1.29 is 23.5 Å². The highest BCUT2D eigenvalue weighted by Gasteiger charge is 2.21. The highest BCUT2D eigenvalue weighted by atomic mass is 79.9. The number of rotatable bonds is 2. The van der Waals surface area contributed by atoms with Gasteiger partial charge in [-0.05, 0) is 35.0 Å². The van der Waals surface area contributed by atoms with E-state index in [1.54, 1.807) is 19.1 Å². The van der Waals surface area contributed by atoms with E-state index in [-0.39, 0.29) is 0 Å². The molecule has 0 aliphatic heterocycles. The molecule has 0 saturated heterocycles. The van der Waals surface area contributed by atoms with Crippen molar-refractivity contribution in [3.05, 3.63) is 27.9 Å². The molecular weight excluding hydrogens is 316 g/mol. The van der Waals surface area contributed by atoms with E-state index in [0.29, 0.717) is 32.5 Å². The van der Waals surface area contributed by atoms with Crippen molar-refractivity contribution in [2.45, 2.75) is 13.8 Å². The normalized spacial score (nSPS) is 10.5. The first kappa shape index (κ1) is 13.6. The van der Waals surface area contributed by atoms with Crippen molar-refractivity contribution >= 4 is 38.8 Å². The predicted molar refractivity (Wildman–Crippen MR) is 71.3 cm³/mol. The summed E-state index contributed by atoms with van der Waals surface area (Å²) < 4.78 is 15.8. The Morgan fingerprint density at radius 1 is 1.32 bits per heavy atom. The molecular formula is C13H11BrO5. The number of furan rings is 1. The molecule has 1 aromatic heterocycles.